The van der Waals surface area contributed by atoms with E-state index in [1.54, 1.807) is 0 Å². The molecular weight excluding hydrogens is 286 g/mol. The molecule has 0 saturated carbocycles. The molecule has 0 aliphatic carbocycles. The third-order valence-corrected chi connectivity index (χ3v) is 4.82. The second-order valence-electron chi connectivity index (χ2n) is 7.99. The summed E-state index contributed by atoms with van der Waals surface area (Å²) in [6.07, 6.45) is 6.71. The van der Waals surface area contributed by atoms with E-state index in [4.69, 9.17) is 0 Å². The van der Waals surface area contributed by atoms with Gasteiger partial charge in [0.15, 0.2) is 5.82 Å². The molecule has 0 aliphatic heterocycles. The first-order valence-corrected chi connectivity index (χ1v) is 9.09. The summed E-state index contributed by atoms with van der Waals surface area (Å²) in [7, 11) is 0. The molecule has 2 atom stereocenters. The second-order valence-corrected chi connectivity index (χ2v) is 7.99. The van der Waals surface area contributed by atoms with E-state index in [2.05, 4.69) is 50.1 Å². The Kier molecular flexibility index (Phi) is 7.80. The van der Waals surface area contributed by atoms with Gasteiger partial charge in [-0.15, -0.1) is 0 Å². The van der Waals surface area contributed by atoms with E-state index in [-0.39, 0.29) is 17.2 Å². The first-order valence-electron chi connectivity index (χ1n) is 9.09. The van der Waals surface area contributed by atoms with Crippen molar-refractivity contribution in [2.24, 2.45) is 17.3 Å². The molecule has 1 rings (SSSR count). The lowest BCUT2D eigenvalue weighted by Crippen LogP contribution is -2.20. The van der Waals surface area contributed by atoms with Crippen LogP contribution in [0.2, 0.25) is 0 Å². The van der Waals surface area contributed by atoms with Crippen molar-refractivity contribution in [1.82, 2.24) is 10.2 Å². The molecule has 2 N–H and O–H groups in total. The lowest BCUT2D eigenvalue weighted by molar-refractivity contribution is -0.119. The van der Waals surface area contributed by atoms with Crippen LogP contribution >= 0.6 is 0 Å². The van der Waals surface area contributed by atoms with Crippen LogP contribution in [0.1, 0.15) is 79.3 Å². The zero-order chi connectivity index (χ0) is 17.5. The monoisotopic (exact) mass is 321 g/mol. The Morgan fingerprint density at radius 1 is 1.26 bits per heavy atom. The Balaban J connectivity index is 2.44. The smallest absolute Gasteiger partial charge is 0.228 e. The Hall–Kier alpha value is -1.32. The van der Waals surface area contributed by atoms with Gasteiger partial charge in [0.2, 0.25) is 5.91 Å². The molecule has 1 heterocycles. The molecule has 0 aliphatic rings. The third-order valence-electron chi connectivity index (χ3n) is 4.82. The largest absolute Gasteiger partial charge is 0.309 e. The lowest BCUT2D eigenvalue weighted by Gasteiger charge is -2.26. The molecule has 2 unspecified atom stereocenters. The van der Waals surface area contributed by atoms with Crippen LogP contribution in [-0.4, -0.2) is 16.1 Å². The average molecular weight is 322 g/mol. The standard InChI is InChI=1S/C19H35N3O/c1-7-8-9-10-11-14(2)18(23)20-17-13-16(21-22-17)12-15(3)19(4,5)6/h13-15H,7-12H2,1-6H3,(H2,20,21,22,23). The second kappa shape index (κ2) is 9.09. The number of anilines is 1. The normalized spacial score (nSPS) is 14.5. The summed E-state index contributed by atoms with van der Waals surface area (Å²) in [6, 6.07) is 1.96. The number of hydrogen-bond acceptors (Lipinski definition) is 2. The van der Waals surface area contributed by atoms with Crippen LogP contribution in [0.5, 0.6) is 0 Å². The van der Waals surface area contributed by atoms with Crippen LogP contribution in [0.3, 0.4) is 0 Å². The molecule has 4 nitrogen and oxygen atoms in total. The van der Waals surface area contributed by atoms with Crippen molar-refractivity contribution in [2.45, 2.75) is 80.1 Å². The van der Waals surface area contributed by atoms with E-state index in [0.717, 1.165) is 25.0 Å². The summed E-state index contributed by atoms with van der Waals surface area (Å²) in [6.45, 7) is 13.2. The summed E-state index contributed by atoms with van der Waals surface area (Å²) in [5.41, 5.74) is 1.35. The molecule has 0 bridgehead atoms. The number of carbonyl (C=O) groups excluding carboxylic acids is 1. The van der Waals surface area contributed by atoms with Crippen LogP contribution in [-0.2, 0) is 11.2 Å². The van der Waals surface area contributed by atoms with Crippen molar-refractivity contribution in [2.75, 3.05) is 5.32 Å². The van der Waals surface area contributed by atoms with Gasteiger partial charge in [0, 0.05) is 17.7 Å². The lowest BCUT2D eigenvalue weighted by atomic mass is 9.79. The summed E-state index contributed by atoms with van der Waals surface area (Å²) < 4.78 is 0. The summed E-state index contributed by atoms with van der Waals surface area (Å²) in [5, 5.41) is 10.2. The van der Waals surface area contributed by atoms with E-state index in [0.29, 0.717) is 11.7 Å². The molecule has 1 amide bonds. The number of rotatable bonds is 9. The molecular formula is C19H35N3O. The van der Waals surface area contributed by atoms with Gasteiger partial charge in [-0.25, -0.2) is 0 Å². The fraction of sp³-hybridized carbons (Fsp3) is 0.789. The fourth-order valence-corrected chi connectivity index (χ4v) is 2.42. The number of aromatic nitrogens is 2. The van der Waals surface area contributed by atoms with Gasteiger partial charge in [-0.3, -0.25) is 9.89 Å². The highest BCUT2D eigenvalue weighted by molar-refractivity contribution is 5.91. The van der Waals surface area contributed by atoms with Crippen molar-refractivity contribution >= 4 is 11.7 Å². The Bertz CT molecular complexity index is 473. The molecule has 0 saturated heterocycles. The minimum Gasteiger partial charge on any atom is -0.309 e. The highest BCUT2D eigenvalue weighted by Gasteiger charge is 2.21. The first-order chi connectivity index (χ1) is 10.7. The van der Waals surface area contributed by atoms with Gasteiger partial charge in [0.05, 0.1) is 0 Å². The van der Waals surface area contributed by atoms with Crippen LogP contribution in [0.25, 0.3) is 0 Å². The number of nitrogens with zero attached hydrogens (tertiary/aromatic N) is 1. The van der Waals surface area contributed by atoms with Crippen LogP contribution in [0.15, 0.2) is 6.07 Å². The van der Waals surface area contributed by atoms with Crippen molar-refractivity contribution in [3.8, 4) is 0 Å². The van der Waals surface area contributed by atoms with Crippen molar-refractivity contribution in [3.05, 3.63) is 11.8 Å². The zero-order valence-electron chi connectivity index (χ0n) is 15.8. The van der Waals surface area contributed by atoms with E-state index < -0.39 is 0 Å². The van der Waals surface area contributed by atoms with Gasteiger partial charge < -0.3 is 5.32 Å². The van der Waals surface area contributed by atoms with Gasteiger partial charge in [-0.05, 0) is 24.2 Å². The van der Waals surface area contributed by atoms with Crippen molar-refractivity contribution in [1.29, 1.82) is 0 Å². The molecule has 1 aromatic rings. The maximum absolute atomic E-state index is 12.2. The number of carbonyl (C=O) groups is 1. The topological polar surface area (TPSA) is 57.8 Å². The first kappa shape index (κ1) is 19.7. The van der Waals surface area contributed by atoms with E-state index in [9.17, 15) is 4.79 Å². The van der Waals surface area contributed by atoms with Crippen LogP contribution in [0, 0.1) is 17.3 Å². The van der Waals surface area contributed by atoms with Gasteiger partial charge in [-0.2, -0.15) is 5.10 Å². The maximum atomic E-state index is 12.2. The molecule has 0 spiro atoms. The van der Waals surface area contributed by atoms with E-state index in [1.807, 2.05) is 13.0 Å². The predicted molar refractivity (Wildman–Crippen MR) is 97.5 cm³/mol. The quantitative estimate of drug-likeness (QED) is 0.616. The molecule has 23 heavy (non-hydrogen) atoms. The van der Waals surface area contributed by atoms with Crippen LogP contribution in [0.4, 0.5) is 5.82 Å². The predicted octanol–water partition coefficient (Wildman–Crippen LogP) is 5.18. The van der Waals surface area contributed by atoms with Gasteiger partial charge in [0.1, 0.15) is 0 Å². The summed E-state index contributed by atoms with van der Waals surface area (Å²) in [4.78, 5) is 12.2. The number of nitrogens with one attached hydrogen (secondary N) is 2. The minimum atomic E-state index is 0.0421. The van der Waals surface area contributed by atoms with Gasteiger partial charge >= 0.3 is 0 Å². The maximum Gasteiger partial charge on any atom is 0.228 e. The molecule has 0 aromatic carbocycles. The highest BCUT2D eigenvalue weighted by Crippen LogP contribution is 2.28. The Labute approximate surface area is 141 Å². The number of aromatic amines is 1. The molecule has 0 fully saturated rings. The van der Waals surface area contributed by atoms with E-state index in [1.165, 1.54) is 19.3 Å². The van der Waals surface area contributed by atoms with Gasteiger partial charge in [-0.1, -0.05) is 67.2 Å². The molecule has 4 heteroatoms. The fourth-order valence-electron chi connectivity index (χ4n) is 2.42. The van der Waals surface area contributed by atoms with Crippen molar-refractivity contribution < 1.29 is 4.79 Å². The number of unbranched alkanes of at least 4 members (excludes halogenated alkanes) is 3. The zero-order valence-corrected chi connectivity index (χ0v) is 15.8. The minimum absolute atomic E-state index is 0.0421. The highest BCUT2D eigenvalue weighted by atomic mass is 16.1. The summed E-state index contributed by atoms with van der Waals surface area (Å²) in [5.74, 6) is 1.31. The molecule has 0 radical (unpaired) electrons. The van der Waals surface area contributed by atoms with E-state index >= 15 is 0 Å². The van der Waals surface area contributed by atoms with Gasteiger partial charge in [0.25, 0.3) is 0 Å². The summed E-state index contributed by atoms with van der Waals surface area (Å²) >= 11 is 0. The molecule has 132 valence electrons. The third kappa shape index (κ3) is 7.19. The Morgan fingerprint density at radius 3 is 2.57 bits per heavy atom. The Morgan fingerprint density at radius 2 is 1.96 bits per heavy atom. The van der Waals surface area contributed by atoms with Crippen molar-refractivity contribution in [3.63, 3.8) is 0 Å². The van der Waals surface area contributed by atoms with Crippen LogP contribution < -0.4 is 5.32 Å². The SMILES string of the molecule is CCCCCCC(C)C(=O)Nc1cc(CC(C)C(C)(C)C)[nH]n1. The average Bonchev–Trinajstić information content (AvgIpc) is 2.89. The number of amides is 1. The number of H-pyrrole nitrogens is 1. The molecule has 1 aromatic heterocycles. The number of hydrogen-bond donors (Lipinski definition) is 2.